The first-order valence-corrected chi connectivity index (χ1v) is 4.99. The minimum absolute atomic E-state index is 0.461. The zero-order chi connectivity index (χ0) is 12.0. The second-order valence-electron chi connectivity index (χ2n) is 4.05. The first-order chi connectivity index (χ1) is 7.57. The van der Waals surface area contributed by atoms with Gasteiger partial charge in [0, 0.05) is 11.3 Å². The van der Waals surface area contributed by atoms with E-state index in [-0.39, 0.29) is 0 Å². The molecule has 3 nitrogen and oxygen atoms in total. The number of ether oxygens (including phenoxy) is 1. The van der Waals surface area contributed by atoms with Crippen LogP contribution in [0.2, 0.25) is 0 Å². The Bertz CT molecular complexity index is 387. The molecule has 0 aromatic heterocycles. The molecule has 3 heteroatoms. The van der Waals surface area contributed by atoms with Crippen molar-refractivity contribution in [1.29, 1.82) is 0 Å². The van der Waals surface area contributed by atoms with Crippen molar-refractivity contribution in [1.82, 2.24) is 0 Å². The lowest BCUT2D eigenvalue weighted by Gasteiger charge is -2.23. The third-order valence-corrected chi connectivity index (χ3v) is 2.14. The van der Waals surface area contributed by atoms with Crippen molar-refractivity contribution in [3.05, 3.63) is 29.8 Å². The molecule has 1 aromatic rings. The molecule has 0 saturated carbocycles. The number of hydrogen-bond donors (Lipinski definition) is 1. The predicted octanol–water partition coefficient (Wildman–Crippen LogP) is 2.03. The van der Waals surface area contributed by atoms with Crippen LogP contribution >= 0.6 is 0 Å². The molecular weight excluding hydrogens is 202 g/mol. The standard InChI is InChI=1S/C13H15NO2/c1-4-11-5-7-12(8-6-11)14-9-13(2,3)16-10-15/h1,5-8,10,14H,9H2,2-3H3. The summed E-state index contributed by atoms with van der Waals surface area (Å²) >= 11 is 0. The smallest absolute Gasteiger partial charge is 0.293 e. The van der Waals surface area contributed by atoms with Crippen LogP contribution in [-0.2, 0) is 9.53 Å². The maximum absolute atomic E-state index is 10.2. The second-order valence-corrected chi connectivity index (χ2v) is 4.05. The molecule has 0 aliphatic heterocycles. The van der Waals surface area contributed by atoms with Gasteiger partial charge in [0.15, 0.2) is 0 Å². The SMILES string of the molecule is C#Cc1ccc(NCC(C)(C)OC=O)cc1. The molecule has 1 N–H and O–H groups in total. The summed E-state index contributed by atoms with van der Waals surface area (Å²) in [7, 11) is 0. The van der Waals surface area contributed by atoms with Crippen LogP contribution in [-0.4, -0.2) is 18.6 Å². The number of rotatable bonds is 5. The Labute approximate surface area is 95.8 Å². The monoisotopic (exact) mass is 217 g/mol. The number of terminal acetylenes is 1. The fourth-order valence-corrected chi connectivity index (χ4v) is 1.17. The molecule has 0 aliphatic carbocycles. The lowest BCUT2D eigenvalue weighted by molar-refractivity contribution is -0.139. The van der Waals surface area contributed by atoms with Gasteiger partial charge in [-0.1, -0.05) is 5.92 Å². The van der Waals surface area contributed by atoms with Gasteiger partial charge in [-0.25, -0.2) is 0 Å². The van der Waals surface area contributed by atoms with Gasteiger partial charge in [0.05, 0.1) is 6.54 Å². The number of nitrogens with one attached hydrogen (secondary N) is 1. The lowest BCUT2D eigenvalue weighted by atomic mass is 10.1. The molecule has 1 aromatic carbocycles. The summed E-state index contributed by atoms with van der Waals surface area (Å²) < 4.78 is 4.92. The molecule has 0 heterocycles. The maximum Gasteiger partial charge on any atom is 0.293 e. The van der Waals surface area contributed by atoms with Crippen molar-refractivity contribution in [2.75, 3.05) is 11.9 Å². The molecule has 16 heavy (non-hydrogen) atoms. The van der Waals surface area contributed by atoms with E-state index < -0.39 is 5.60 Å². The summed E-state index contributed by atoms with van der Waals surface area (Å²) in [6.45, 7) is 4.68. The summed E-state index contributed by atoms with van der Waals surface area (Å²) in [6, 6.07) is 7.50. The zero-order valence-corrected chi connectivity index (χ0v) is 9.49. The van der Waals surface area contributed by atoms with E-state index in [0.29, 0.717) is 13.0 Å². The number of hydrogen-bond acceptors (Lipinski definition) is 3. The Morgan fingerprint density at radius 1 is 1.44 bits per heavy atom. The van der Waals surface area contributed by atoms with Crippen molar-refractivity contribution < 1.29 is 9.53 Å². The van der Waals surface area contributed by atoms with E-state index in [9.17, 15) is 4.79 Å². The van der Waals surface area contributed by atoms with Crippen LogP contribution in [0.15, 0.2) is 24.3 Å². The van der Waals surface area contributed by atoms with Crippen LogP contribution in [0, 0.1) is 12.3 Å². The van der Waals surface area contributed by atoms with Crippen LogP contribution in [0.25, 0.3) is 0 Å². The van der Waals surface area contributed by atoms with Gasteiger partial charge in [0.2, 0.25) is 0 Å². The van der Waals surface area contributed by atoms with Crippen LogP contribution in [0.1, 0.15) is 19.4 Å². The summed E-state index contributed by atoms with van der Waals surface area (Å²) in [5, 5.41) is 3.17. The molecule has 0 spiro atoms. The Morgan fingerprint density at radius 2 is 2.06 bits per heavy atom. The van der Waals surface area contributed by atoms with Gasteiger partial charge in [-0.15, -0.1) is 6.42 Å². The first kappa shape index (κ1) is 12.1. The van der Waals surface area contributed by atoms with E-state index in [0.717, 1.165) is 11.3 Å². The van der Waals surface area contributed by atoms with Gasteiger partial charge < -0.3 is 10.1 Å². The highest BCUT2D eigenvalue weighted by Gasteiger charge is 2.17. The van der Waals surface area contributed by atoms with Gasteiger partial charge >= 0.3 is 0 Å². The topological polar surface area (TPSA) is 38.3 Å². The Morgan fingerprint density at radius 3 is 2.56 bits per heavy atom. The number of anilines is 1. The highest BCUT2D eigenvalue weighted by Crippen LogP contribution is 2.12. The zero-order valence-electron chi connectivity index (χ0n) is 9.49. The average molecular weight is 217 g/mol. The summed E-state index contributed by atoms with van der Waals surface area (Å²) in [6.07, 6.45) is 5.25. The van der Waals surface area contributed by atoms with Gasteiger partial charge in [0.1, 0.15) is 5.60 Å². The van der Waals surface area contributed by atoms with Crippen molar-refractivity contribution in [3.63, 3.8) is 0 Å². The molecule has 0 aliphatic rings. The molecule has 0 atom stereocenters. The average Bonchev–Trinajstić information content (AvgIpc) is 2.27. The molecule has 0 amide bonds. The lowest BCUT2D eigenvalue weighted by Crippen LogP contribution is -2.32. The van der Waals surface area contributed by atoms with Crippen molar-refractivity contribution in [2.45, 2.75) is 19.4 Å². The van der Waals surface area contributed by atoms with Gasteiger partial charge in [0.25, 0.3) is 6.47 Å². The number of carbonyl (C=O) groups is 1. The molecule has 0 fully saturated rings. The van der Waals surface area contributed by atoms with E-state index in [4.69, 9.17) is 11.2 Å². The van der Waals surface area contributed by atoms with Crippen LogP contribution < -0.4 is 5.32 Å². The summed E-state index contributed by atoms with van der Waals surface area (Å²) in [5.74, 6) is 2.55. The Balaban J connectivity index is 2.55. The van der Waals surface area contributed by atoms with E-state index in [1.165, 1.54) is 0 Å². The van der Waals surface area contributed by atoms with Gasteiger partial charge in [-0.05, 0) is 38.1 Å². The normalized spacial score (nSPS) is 10.3. The fourth-order valence-electron chi connectivity index (χ4n) is 1.17. The van der Waals surface area contributed by atoms with Gasteiger partial charge in [-0.3, -0.25) is 4.79 Å². The molecule has 0 unspecified atom stereocenters. The first-order valence-electron chi connectivity index (χ1n) is 4.99. The minimum atomic E-state index is -0.521. The molecule has 0 radical (unpaired) electrons. The van der Waals surface area contributed by atoms with Crippen LogP contribution in [0.3, 0.4) is 0 Å². The van der Waals surface area contributed by atoms with Crippen LogP contribution in [0.4, 0.5) is 5.69 Å². The Hall–Kier alpha value is -1.95. The van der Waals surface area contributed by atoms with Crippen molar-refractivity contribution >= 4 is 12.2 Å². The third-order valence-electron chi connectivity index (χ3n) is 2.14. The van der Waals surface area contributed by atoms with Crippen molar-refractivity contribution in [3.8, 4) is 12.3 Å². The maximum atomic E-state index is 10.2. The third kappa shape index (κ3) is 3.66. The minimum Gasteiger partial charge on any atom is -0.460 e. The predicted molar refractivity (Wildman–Crippen MR) is 64.1 cm³/mol. The van der Waals surface area contributed by atoms with E-state index in [1.807, 2.05) is 38.1 Å². The Kier molecular flexibility index (Phi) is 3.96. The summed E-state index contributed by atoms with van der Waals surface area (Å²) in [5.41, 5.74) is 1.27. The second kappa shape index (κ2) is 5.22. The van der Waals surface area contributed by atoms with E-state index in [2.05, 4.69) is 11.2 Å². The molecule has 0 saturated heterocycles. The van der Waals surface area contributed by atoms with Crippen LogP contribution in [0.5, 0.6) is 0 Å². The summed E-state index contributed by atoms with van der Waals surface area (Å²) in [4.78, 5) is 10.2. The van der Waals surface area contributed by atoms with E-state index in [1.54, 1.807) is 0 Å². The van der Waals surface area contributed by atoms with Crippen molar-refractivity contribution in [2.24, 2.45) is 0 Å². The van der Waals surface area contributed by atoms with E-state index >= 15 is 0 Å². The molecule has 1 rings (SSSR count). The largest absolute Gasteiger partial charge is 0.460 e. The molecular formula is C13H15NO2. The van der Waals surface area contributed by atoms with Gasteiger partial charge in [-0.2, -0.15) is 0 Å². The molecule has 84 valence electrons. The quantitative estimate of drug-likeness (QED) is 0.606. The molecule has 0 bridgehead atoms. The highest BCUT2D eigenvalue weighted by atomic mass is 16.5. The fraction of sp³-hybridized carbons (Fsp3) is 0.308. The number of carbonyl (C=O) groups excluding carboxylic acids is 1. The number of benzene rings is 1. The highest BCUT2D eigenvalue weighted by molar-refractivity contribution is 5.48.